The molecule has 0 aliphatic heterocycles. The number of nitrogens with one attached hydrogen (secondary N) is 2. The average molecular weight is 333 g/mol. The van der Waals surface area contributed by atoms with Crippen LogP contribution in [0.3, 0.4) is 0 Å². The van der Waals surface area contributed by atoms with E-state index in [1.54, 1.807) is 0 Å². The van der Waals surface area contributed by atoms with Crippen LogP contribution in [-0.4, -0.2) is 15.9 Å². The normalized spacial score (nSPS) is 11.7. The van der Waals surface area contributed by atoms with Crippen molar-refractivity contribution >= 4 is 22.9 Å². The molecule has 24 heavy (non-hydrogen) atoms. The summed E-state index contributed by atoms with van der Waals surface area (Å²) in [6, 6.07) is 8.03. The van der Waals surface area contributed by atoms with E-state index in [1.165, 1.54) is 12.1 Å². The zero-order chi connectivity index (χ0) is 17.5. The van der Waals surface area contributed by atoms with Crippen LogP contribution in [0.2, 0.25) is 0 Å². The van der Waals surface area contributed by atoms with Crippen molar-refractivity contribution in [2.75, 3.05) is 5.32 Å². The number of anilines is 1. The lowest BCUT2D eigenvalue weighted by Gasteiger charge is -2.08. The third kappa shape index (κ3) is 3.10. The number of aromatic amines is 1. The van der Waals surface area contributed by atoms with Gasteiger partial charge < -0.3 is 4.98 Å². The summed E-state index contributed by atoms with van der Waals surface area (Å²) in [5.41, 5.74) is 2.60. The van der Waals surface area contributed by atoms with E-state index in [0.717, 1.165) is 28.8 Å². The van der Waals surface area contributed by atoms with E-state index in [9.17, 15) is 18.0 Å². The first-order valence-corrected chi connectivity index (χ1v) is 7.19. The van der Waals surface area contributed by atoms with Crippen molar-refractivity contribution in [3.63, 3.8) is 0 Å². The topological polar surface area (TPSA) is 57.8 Å². The molecule has 2 aromatic carbocycles. The molecule has 3 aromatic rings. The Hall–Kier alpha value is -2.83. The van der Waals surface area contributed by atoms with Gasteiger partial charge in [0.1, 0.15) is 0 Å². The molecule has 0 radical (unpaired) electrons. The molecule has 4 nitrogen and oxygen atoms in total. The van der Waals surface area contributed by atoms with Gasteiger partial charge in [0, 0.05) is 5.56 Å². The predicted octanol–water partition coefficient (Wildman–Crippen LogP) is 4.45. The second kappa shape index (κ2) is 5.67. The number of H-pyrrole nitrogens is 1. The van der Waals surface area contributed by atoms with Gasteiger partial charge >= 0.3 is 6.18 Å². The Morgan fingerprint density at radius 3 is 2.54 bits per heavy atom. The van der Waals surface area contributed by atoms with Crippen molar-refractivity contribution in [3.05, 3.63) is 58.7 Å². The SMILES string of the molecule is Cc1cc2nc(NC(=O)c3cccc(C(F)(F)F)c3)[nH]c2cc1C. The van der Waals surface area contributed by atoms with Gasteiger partial charge in [-0.05, 0) is 55.3 Å². The first-order valence-electron chi connectivity index (χ1n) is 7.19. The Balaban J connectivity index is 1.87. The van der Waals surface area contributed by atoms with Crippen LogP contribution < -0.4 is 5.32 Å². The maximum Gasteiger partial charge on any atom is 0.416 e. The zero-order valence-electron chi connectivity index (χ0n) is 13.0. The van der Waals surface area contributed by atoms with Crippen LogP contribution in [-0.2, 0) is 6.18 Å². The molecule has 0 aliphatic rings. The van der Waals surface area contributed by atoms with Crippen LogP contribution in [0.25, 0.3) is 11.0 Å². The third-order valence-corrected chi connectivity index (χ3v) is 3.78. The zero-order valence-corrected chi connectivity index (χ0v) is 13.0. The number of amides is 1. The van der Waals surface area contributed by atoms with E-state index in [0.29, 0.717) is 5.52 Å². The molecular formula is C17H14F3N3O. The van der Waals surface area contributed by atoms with E-state index < -0.39 is 17.6 Å². The Morgan fingerprint density at radius 1 is 1.12 bits per heavy atom. The minimum Gasteiger partial charge on any atom is -0.324 e. The van der Waals surface area contributed by atoms with Crippen molar-refractivity contribution in [2.45, 2.75) is 20.0 Å². The second-order valence-electron chi connectivity index (χ2n) is 5.57. The first-order chi connectivity index (χ1) is 11.2. The number of alkyl halides is 3. The molecule has 1 amide bonds. The maximum absolute atomic E-state index is 12.7. The number of carbonyl (C=O) groups is 1. The number of hydrogen-bond donors (Lipinski definition) is 2. The number of hydrogen-bond acceptors (Lipinski definition) is 2. The standard InChI is InChI=1S/C17H14F3N3O/c1-9-6-13-14(7-10(9)2)22-16(21-13)23-15(24)11-4-3-5-12(8-11)17(18,19)20/h3-8H,1-2H3,(H2,21,22,23,24). The van der Waals surface area contributed by atoms with Crippen molar-refractivity contribution < 1.29 is 18.0 Å². The molecule has 0 fully saturated rings. The fourth-order valence-corrected chi connectivity index (χ4v) is 2.35. The average Bonchev–Trinajstić information content (AvgIpc) is 2.88. The molecule has 0 saturated carbocycles. The monoisotopic (exact) mass is 333 g/mol. The van der Waals surface area contributed by atoms with Gasteiger partial charge in [0.15, 0.2) is 0 Å². The molecule has 0 atom stereocenters. The lowest BCUT2D eigenvalue weighted by Crippen LogP contribution is -2.14. The van der Waals surface area contributed by atoms with Gasteiger partial charge in [-0.1, -0.05) is 6.07 Å². The van der Waals surface area contributed by atoms with Crippen molar-refractivity contribution in [1.29, 1.82) is 0 Å². The molecule has 124 valence electrons. The number of aryl methyl sites for hydroxylation is 2. The molecule has 7 heteroatoms. The molecule has 0 spiro atoms. The fraction of sp³-hybridized carbons (Fsp3) is 0.176. The van der Waals surface area contributed by atoms with E-state index in [2.05, 4.69) is 15.3 Å². The summed E-state index contributed by atoms with van der Waals surface area (Å²) < 4.78 is 38.2. The Kier molecular flexibility index (Phi) is 3.79. The Labute approximate surface area is 135 Å². The van der Waals surface area contributed by atoms with Gasteiger partial charge in [-0.15, -0.1) is 0 Å². The number of nitrogens with zero attached hydrogens (tertiary/aromatic N) is 1. The number of imidazole rings is 1. The number of fused-ring (bicyclic) bond motifs is 1. The molecule has 0 aliphatic carbocycles. The highest BCUT2D eigenvalue weighted by Gasteiger charge is 2.30. The van der Waals surface area contributed by atoms with Crippen molar-refractivity contribution in [1.82, 2.24) is 9.97 Å². The maximum atomic E-state index is 12.7. The minimum atomic E-state index is -4.50. The summed E-state index contributed by atoms with van der Waals surface area (Å²) in [4.78, 5) is 19.4. The predicted molar refractivity (Wildman–Crippen MR) is 85.0 cm³/mol. The fourth-order valence-electron chi connectivity index (χ4n) is 2.35. The van der Waals surface area contributed by atoms with Gasteiger partial charge in [0.2, 0.25) is 5.95 Å². The van der Waals surface area contributed by atoms with E-state index in [-0.39, 0.29) is 11.5 Å². The van der Waals surface area contributed by atoms with Gasteiger partial charge in [-0.3, -0.25) is 10.1 Å². The second-order valence-corrected chi connectivity index (χ2v) is 5.57. The first kappa shape index (κ1) is 16.0. The number of halogens is 3. The number of rotatable bonds is 2. The van der Waals surface area contributed by atoms with Gasteiger partial charge in [0.25, 0.3) is 5.91 Å². The Morgan fingerprint density at radius 2 is 1.83 bits per heavy atom. The number of carbonyl (C=O) groups excluding carboxylic acids is 1. The summed E-state index contributed by atoms with van der Waals surface area (Å²) in [6.45, 7) is 3.90. The quantitative estimate of drug-likeness (QED) is 0.728. The largest absolute Gasteiger partial charge is 0.416 e. The molecule has 0 bridgehead atoms. The molecule has 0 saturated heterocycles. The van der Waals surface area contributed by atoms with E-state index >= 15 is 0 Å². The van der Waals surface area contributed by atoms with Gasteiger partial charge in [0.05, 0.1) is 16.6 Å². The summed E-state index contributed by atoms with van der Waals surface area (Å²) in [7, 11) is 0. The number of aromatic nitrogens is 2. The van der Waals surface area contributed by atoms with E-state index in [4.69, 9.17) is 0 Å². The van der Waals surface area contributed by atoms with Crippen LogP contribution in [0.4, 0.5) is 19.1 Å². The smallest absolute Gasteiger partial charge is 0.324 e. The van der Waals surface area contributed by atoms with Crippen LogP contribution in [0.5, 0.6) is 0 Å². The molecule has 2 N–H and O–H groups in total. The third-order valence-electron chi connectivity index (χ3n) is 3.78. The Bertz CT molecular complexity index is 889. The van der Waals surface area contributed by atoms with Crippen LogP contribution in [0.15, 0.2) is 36.4 Å². The molecular weight excluding hydrogens is 319 g/mol. The summed E-state index contributed by atoms with van der Waals surface area (Å²) in [6.07, 6.45) is -4.50. The lowest BCUT2D eigenvalue weighted by molar-refractivity contribution is -0.137. The van der Waals surface area contributed by atoms with Crippen LogP contribution in [0, 0.1) is 13.8 Å². The molecule has 0 unspecified atom stereocenters. The van der Waals surface area contributed by atoms with Crippen molar-refractivity contribution in [2.24, 2.45) is 0 Å². The highest BCUT2D eigenvalue weighted by Crippen LogP contribution is 2.29. The molecule has 3 rings (SSSR count). The lowest BCUT2D eigenvalue weighted by atomic mass is 10.1. The molecule has 1 aromatic heterocycles. The van der Waals surface area contributed by atoms with Crippen molar-refractivity contribution in [3.8, 4) is 0 Å². The number of benzene rings is 2. The highest BCUT2D eigenvalue weighted by atomic mass is 19.4. The molecule has 1 heterocycles. The van der Waals surface area contributed by atoms with Crippen LogP contribution >= 0.6 is 0 Å². The van der Waals surface area contributed by atoms with Gasteiger partial charge in [-0.25, -0.2) is 4.98 Å². The minimum absolute atomic E-state index is 0.0855. The van der Waals surface area contributed by atoms with Crippen LogP contribution in [0.1, 0.15) is 27.0 Å². The summed E-state index contributed by atoms with van der Waals surface area (Å²) >= 11 is 0. The van der Waals surface area contributed by atoms with E-state index in [1.807, 2.05) is 26.0 Å². The van der Waals surface area contributed by atoms with Gasteiger partial charge in [-0.2, -0.15) is 13.2 Å². The summed E-state index contributed by atoms with van der Waals surface area (Å²) in [5.74, 6) is -0.467. The highest BCUT2D eigenvalue weighted by molar-refractivity contribution is 6.04. The summed E-state index contributed by atoms with van der Waals surface area (Å²) in [5, 5.41) is 2.49.